The first kappa shape index (κ1) is 18.0. The van der Waals surface area contributed by atoms with Gasteiger partial charge in [0.15, 0.2) is 0 Å². The molecule has 1 heterocycles. The minimum atomic E-state index is 0.00930. The van der Waals surface area contributed by atoms with Crippen LogP contribution in [0.2, 0.25) is 0 Å². The summed E-state index contributed by atoms with van der Waals surface area (Å²) in [6.07, 6.45) is 3.53. The Balaban J connectivity index is 2.32. The van der Waals surface area contributed by atoms with Gasteiger partial charge in [-0.15, -0.1) is 0 Å². The second-order valence-corrected chi connectivity index (χ2v) is 6.02. The fourth-order valence-electron chi connectivity index (χ4n) is 2.79. The molecule has 0 spiro atoms. The van der Waals surface area contributed by atoms with E-state index in [4.69, 9.17) is 0 Å². The monoisotopic (exact) mass is 297 g/mol. The van der Waals surface area contributed by atoms with Crippen molar-refractivity contribution in [2.75, 3.05) is 26.2 Å². The van der Waals surface area contributed by atoms with E-state index in [1.807, 2.05) is 4.90 Å². The van der Waals surface area contributed by atoms with Crippen LogP contribution in [0.1, 0.15) is 52.9 Å². The standard InChI is InChI=1S/C16H31N3O2/c1-4-10-19(11-5-2)16(21)7-6-15(20)18-14-8-9-17-12-13(14)3/h13-14,17H,4-12H2,1-3H3,(H,18,20). The normalized spacial score (nSPS) is 21.9. The second kappa shape index (κ2) is 9.77. The molecular formula is C16H31N3O2. The number of hydrogen-bond acceptors (Lipinski definition) is 3. The van der Waals surface area contributed by atoms with Gasteiger partial charge in [0, 0.05) is 32.0 Å². The van der Waals surface area contributed by atoms with E-state index in [1.54, 1.807) is 0 Å². The molecule has 21 heavy (non-hydrogen) atoms. The fraction of sp³-hybridized carbons (Fsp3) is 0.875. The summed E-state index contributed by atoms with van der Waals surface area (Å²) in [6.45, 7) is 9.77. The van der Waals surface area contributed by atoms with Crippen molar-refractivity contribution in [2.24, 2.45) is 5.92 Å². The van der Waals surface area contributed by atoms with E-state index < -0.39 is 0 Å². The molecule has 5 nitrogen and oxygen atoms in total. The number of carbonyl (C=O) groups excluding carboxylic acids is 2. The number of nitrogens with zero attached hydrogens (tertiary/aromatic N) is 1. The van der Waals surface area contributed by atoms with Crippen LogP contribution in [0.3, 0.4) is 0 Å². The molecule has 0 aliphatic carbocycles. The van der Waals surface area contributed by atoms with Gasteiger partial charge in [0.1, 0.15) is 0 Å². The van der Waals surface area contributed by atoms with Crippen LogP contribution in [0, 0.1) is 5.92 Å². The minimum absolute atomic E-state index is 0.00930. The first-order valence-corrected chi connectivity index (χ1v) is 8.36. The lowest BCUT2D eigenvalue weighted by Crippen LogP contribution is -2.48. The van der Waals surface area contributed by atoms with Gasteiger partial charge in [-0.1, -0.05) is 20.8 Å². The van der Waals surface area contributed by atoms with Gasteiger partial charge in [-0.05, 0) is 38.3 Å². The van der Waals surface area contributed by atoms with Crippen LogP contribution >= 0.6 is 0 Å². The SMILES string of the molecule is CCCN(CCC)C(=O)CCC(=O)NC1CCNCC1C. The Morgan fingerprint density at radius 3 is 2.43 bits per heavy atom. The van der Waals surface area contributed by atoms with Crippen molar-refractivity contribution in [3.8, 4) is 0 Å². The number of carbonyl (C=O) groups is 2. The summed E-state index contributed by atoms with van der Waals surface area (Å²) in [5, 5.41) is 6.40. The summed E-state index contributed by atoms with van der Waals surface area (Å²) in [5.41, 5.74) is 0. The fourth-order valence-corrected chi connectivity index (χ4v) is 2.79. The smallest absolute Gasteiger partial charge is 0.223 e. The topological polar surface area (TPSA) is 61.4 Å². The molecule has 0 aromatic rings. The maximum absolute atomic E-state index is 12.1. The molecule has 0 aromatic heterocycles. The number of nitrogens with one attached hydrogen (secondary N) is 2. The average molecular weight is 297 g/mol. The third-order valence-corrected chi connectivity index (χ3v) is 4.04. The van der Waals surface area contributed by atoms with Crippen molar-refractivity contribution in [1.29, 1.82) is 0 Å². The van der Waals surface area contributed by atoms with E-state index in [0.29, 0.717) is 18.8 Å². The molecule has 2 atom stereocenters. The Bertz CT molecular complexity index is 327. The van der Waals surface area contributed by atoms with E-state index in [2.05, 4.69) is 31.4 Å². The third kappa shape index (κ3) is 6.46. The molecule has 2 amide bonds. The zero-order valence-corrected chi connectivity index (χ0v) is 13.8. The largest absolute Gasteiger partial charge is 0.353 e. The summed E-state index contributed by atoms with van der Waals surface area (Å²) in [6, 6.07) is 0.247. The van der Waals surface area contributed by atoms with Crippen LogP contribution in [-0.2, 0) is 9.59 Å². The van der Waals surface area contributed by atoms with Gasteiger partial charge in [0.2, 0.25) is 11.8 Å². The van der Waals surface area contributed by atoms with Crippen LogP contribution in [0.15, 0.2) is 0 Å². The maximum Gasteiger partial charge on any atom is 0.223 e. The van der Waals surface area contributed by atoms with Crippen molar-refractivity contribution in [3.63, 3.8) is 0 Å². The molecule has 1 aliphatic rings. The number of hydrogen-bond donors (Lipinski definition) is 2. The molecular weight excluding hydrogens is 266 g/mol. The summed E-state index contributed by atoms with van der Waals surface area (Å²) < 4.78 is 0. The molecule has 5 heteroatoms. The predicted molar refractivity (Wildman–Crippen MR) is 85.0 cm³/mol. The average Bonchev–Trinajstić information content (AvgIpc) is 2.47. The van der Waals surface area contributed by atoms with Crippen LogP contribution in [0.25, 0.3) is 0 Å². The predicted octanol–water partition coefficient (Wildman–Crippen LogP) is 1.53. The van der Waals surface area contributed by atoms with E-state index in [9.17, 15) is 9.59 Å². The lowest BCUT2D eigenvalue weighted by molar-refractivity contribution is -0.134. The van der Waals surface area contributed by atoms with Crippen molar-refractivity contribution in [3.05, 3.63) is 0 Å². The molecule has 1 aliphatic heterocycles. The molecule has 0 saturated carbocycles. The van der Waals surface area contributed by atoms with Crippen molar-refractivity contribution in [1.82, 2.24) is 15.5 Å². The van der Waals surface area contributed by atoms with Crippen LogP contribution in [0.4, 0.5) is 0 Å². The number of rotatable bonds is 8. The van der Waals surface area contributed by atoms with Gasteiger partial charge < -0.3 is 15.5 Å². The Labute approximate surface area is 128 Å². The van der Waals surface area contributed by atoms with Gasteiger partial charge in [0.25, 0.3) is 0 Å². The molecule has 2 N–H and O–H groups in total. The lowest BCUT2D eigenvalue weighted by atomic mass is 9.95. The Morgan fingerprint density at radius 1 is 1.19 bits per heavy atom. The van der Waals surface area contributed by atoms with Crippen LogP contribution in [-0.4, -0.2) is 48.9 Å². The highest BCUT2D eigenvalue weighted by molar-refractivity contribution is 5.83. The molecule has 0 bridgehead atoms. The molecule has 1 fully saturated rings. The zero-order valence-electron chi connectivity index (χ0n) is 13.8. The number of piperidine rings is 1. The highest BCUT2D eigenvalue weighted by Crippen LogP contribution is 2.11. The Hall–Kier alpha value is -1.10. The van der Waals surface area contributed by atoms with Gasteiger partial charge >= 0.3 is 0 Å². The van der Waals surface area contributed by atoms with E-state index in [0.717, 1.165) is 45.4 Å². The van der Waals surface area contributed by atoms with Crippen molar-refractivity contribution >= 4 is 11.8 Å². The molecule has 1 rings (SSSR count). The van der Waals surface area contributed by atoms with Crippen molar-refractivity contribution < 1.29 is 9.59 Å². The summed E-state index contributed by atoms with van der Waals surface area (Å²) in [4.78, 5) is 26.0. The van der Waals surface area contributed by atoms with Crippen LogP contribution < -0.4 is 10.6 Å². The summed E-state index contributed by atoms with van der Waals surface area (Å²) in [5.74, 6) is 0.567. The maximum atomic E-state index is 12.1. The third-order valence-electron chi connectivity index (χ3n) is 4.04. The lowest BCUT2D eigenvalue weighted by Gasteiger charge is -2.30. The van der Waals surface area contributed by atoms with Crippen LogP contribution in [0.5, 0.6) is 0 Å². The van der Waals surface area contributed by atoms with E-state index >= 15 is 0 Å². The highest BCUT2D eigenvalue weighted by atomic mass is 16.2. The summed E-state index contributed by atoms with van der Waals surface area (Å²) >= 11 is 0. The first-order valence-electron chi connectivity index (χ1n) is 8.36. The van der Waals surface area contributed by atoms with Crippen molar-refractivity contribution in [2.45, 2.75) is 58.9 Å². The highest BCUT2D eigenvalue weighted by Gasteiger charge is 2.23. The van der Waals surface area contributed by atoms with Gasteiger partial charge in [-0.2, -0.15) is 0 Å². The molecule has 2 unspecified atom stereocenters. The molecule has 0 aromatic carbocycles. The quantitative estimate of drug-likeness (QED) is 0.714. The molecule has 0 radical (unpaired) electrons. The zero-order chi connectivity index (χ0) is 15.7. The van der Waals surface area contributed by atoms with Gasteiger partial charge in [0.05, 0.1) is 0 Å². The van der Waals surface area contributed by atoms with Gasteiger partial charge in [-0.3, -0.25) is 9.59 Å². The van der Waals surface area contributed by atoms with E-state index in [-0.39, 0.29) is 17.9 Å². The van der Waals surface area contributed by atoms with E-state index in [1.165, 1.54) is 0 Å². The number of amides is 2. The molecule has 1 saturated heterocycles. The minimum Gasteiger partial charge on any atom is -0.353 e. The Kier molecular flexibility index (Phi) is 8.35. The first-order chi connectivity index (χ1) is 10.1. The van der Waals surface area contributed by atoms with Gasteiger partial charge in [-0.25, -0.2) is 0 Å². The Morgan fingerprint density at radius 2 is 1.86 bits per heavy atom. The summed E-state index contributed by atoms with van der Waals surface area (Å²) in [7, 11) is 0. The second-order valence-electron chi connectivity index (χ2n) is 6.02. The molecule has 122 valence electrons.